The fourth-order valence-corrected chi connectivity index (χ4v) is 3.04. The van der Waals surface area contributed by atoms with Gasteiger partial charge in [-0.05, 0) is 55.8 Å². The Morgan fingerprint density at radius 1 is 1.28 bits per heavy atom. The molecular weight excluding hydrogens is 343 g/mol. The molecule has 0 heterocycles. The van der Waals surface area contributed by atoms with Crippen LogP contribution < -0.4 is 10.1 Å². The molecule has 25 heavy (non-hydrogen) atoms. The van der Waals surface area contributed by atoms with Crippen molar-refractivity contribution in [1.82, 2.24) is 4.90 Å². The average molecular weight is 365 g/mol. The van der Waals surface area contributed by atoms with Gasteiger partial charge in [-0.15, -0.1) is 0 Å². The second-order valence-corrected chi connectivity index (χ2v) is 6.54. The largest absolute Gasteiger partial charge is 0.494 e. The molecule has 0 fully saturated rings. The fraction of sp³-hybridized carbons (Fsp3) is 0.316. The van der Waals surface area contributed by atoms with E-state index in [1.807, 2.05) is 26.0 Å². The van der Waals surface area contributed by atoms with Crippen LogP contribution in [0, 0.1) is 19.7 Å². The first-order chi connectivity index (χ1) is 11.8. The molecule has 0 aliphatic heterocycles. The topological polar surface area (TPSA) is 41.6 Å². The fourth-order valence-electron chi connectivity index (χ4n) is 2.67. The molecule has 2 aromatic rings. The van der Waals surface area contributed by atoms with Crippen LogP contribution in [0.5, 0.6) is 5.75 Å². The third-order valence-corrected chi connectivity index (χ3v) is 4.08. The van der Waals surface area contributed by atoms with Gasteiger partial charge in [0.2, 0.25) is 5.91 Å². The molecule has 1 amide bonds. The van der Waals surface area contributed by atoms with Crippen molar-refractivity contribution in [2.45, 2.75) is 20.4 Å². The molecule has 0 aromatic heterocycles. The highest BCUT2D eigenvalue weighted by atomic mass is 35.5. The van der Waals surface area contributed by atoms with Crippen molar-refractivity contribution in [3.8, 4) is 5.75 Å². The predicted molar refractivity (Wildman–Crippen MR) is 98.8 cm³/mol. The van der Waals surface area contributed by atoms with Gasteiger partial charge in [-0.25, -0.2) is 4.39 Å². The minimum absolute atomic E-state index is 0.164. The van der Waals surface area contributed by atoms with Crippen molar-refractivity contribution < 1.29 is 13.9 Å². The molecule has 6 heteroatoms. The normalized spacial score (nSPS) is 10.8. The molecule has 0 atom stereocenters. The van der Waals surface area contributed by atoms with E-state index < -0.39 is 5.82 Å². The zero-order valence-electron chi connectivity index (χ0n) is 14.8. The number of amides is 1. The van der Waals surface area contributed by atoms with Gasteiger partial charge in [0.1, 0.15) is 0 Å². The molecule has 1 N–H and O–H groups in total. The van der Waals surface area contributed by atoms with Gasteiger partial charge in [0, 0.05) is 6.54 Å². The van der Waals surface area contributed by atoms with E-state index >= 15 is 0 Å². The molecule has 0 saturated carbocycles. The lowest BCUT2D eigenvalue weighted by molar-refractivity contribution is -0.117. The number of carbonyl (C=O) groups is 1. The van der Waals surface area contributed by atoms with Gasteiger partial charge < -0.3 is 10.1 Å². The summed E-state index contributed by atoms with van der Waals surface area (Å²) in [7, 11) is 3.22. The van der Waals surface area contributed by atoms with Crippen molar-refractivity contribution in [3.63, 3.8) is 0 Å². The molecule has 2 rings (SSSR count). The monoisotopic (exact) mass is 364 g/mol. The number of rotatable bonds is 6. The number of carbonyl (C=O) groups excluding carboxylic acids is 1. The number of anilines is 1. The number of halogens is 2. The van der Waals surface area contributed by atoms with Crippen LogP contribution in [0.25, 0.3) is 0 Å². The van der Waals surface area contributed by atoms with E-state index in [4.69, 9.17) is 16.3 Å². The van der Waals surface area contributed by atoms with E-state index in [1.54, 1.807) is 24.1 Å². The first kappa shape index (κ1) is 19.2. The van der Waals surface area contributed by atoms with E-state index in [0.717, 1.165) is 16.7 Å². The summed E-state index contributed by atoms with van der Waals surface area (Å²) in [5.74, 6) is -0.390. The lowest BCUT2D eigenvalue weighted by Gasteiger charge is -2.18. The molecule has 0 radical (unpaired) electrons. The Labute approximate surface area is 152 Å². The average Bonchev–Trinajstić information content (AvgIpc) is 2.51. The number of aryl methyl sites for hydroxylation is 2. The molecule has 4 nitrogen and oxygen atoms in total. The maximum Gasteiger partial charge on any atom is 0.238 e. The van der Waals surface area contributed by atoms with E-state index in [0.29, 0.717) is 17.3 Å². The molecule has 0 aliphatic rings. The molecule has 0 unspecified atom stereocenters. The summed E-state index contributed by atoms with van der Waals surface area (Å²) in [5.41, 5.74) is 3.34. The van der Waals surface area contributed by atoms with Crippen LogP contribution in [0.3, 0.4) is 0 Å². The van der Waals surface area contributed by atoms with Crippen molar-refractivity contribution in [2.24, 2.45) is 0 Å². The minimum atomic E-state index is -0.417. The summed E-state index contributed by atoms with van der Waals surface area (Å²) in [4.78, 5) is 14.1. The van der Waals surface area contributed by atoms with E-state index in [9.17, 15) is 9.18 Å². The van der Waals surface area contributed by atoms with Gasteiger partial charge in [-0.1, -0.05) is 23.7 Å². The van der Waals surface area contributed by atoms with Gasteiger partial charge >= 0.3 is 0 Å². The van der Waals surface area contributed by atoms with Crippen molar-refractivity contribution in [1.29, 1.82) is 0 Å². The van der Waals surface area contributed by atoms with Crippen molar-refractivity contribution >= 4 is 23.2 Å². The third-order valence-electron chi connectivity index (χ3n) is 3.78. The zero-order valence-corrected chi connectivity index (χ0v) is 15.6. The van der Waals surface area contributed by atoms with E-state index in [1.165, 1.54) is 13.2 Å². The van der Waals surface area contributed by atoms with Crippen LogP contribution in [-0.4, -0.2) is 31.5 Å². The first-order valence-electron chi connectivity index (χ1n) is 7.87. The highest BCUT2D eigenvalue weighted by Gasteiger charge is 2.12. The Kier molecular flexibility index (Phi) is 6.39. The van der Waals surface area contributed by atoms with Crippen molar-refractivity contribution in [2.75, 3.05) is 26.0 Å². The number of ether oxygens (including phenoxy) is 1. The van der Waals surface area contributed by atoms with Crippen LogP contribution in [0.2, 0.25) is 5.02 Å². The second kappa shape index (κ2) is 8.32. The Balaban J connectivity index is 1.97. The van der Waals surface area contributed by atoms with Gasteiger partial charge in [0.25, 0.3) is 0 Å². The zero-order chi connectivity index (χ0) is 18.6. The molecule has 0 bridgehead atoms. The summed E-state index contributed by atoms with van der Waals surface area (Å²) < 4.78 is 18.6. The summed E-state index contributed by atoms with van der Waals surface area (Å²) in [6.07, 6.45) is 0. The quantitative estimate of drug-likeness (QED) is 0.836. The van der Waals surface area contributed by atoms with Gasteiger partial charge in [0.05, 0.1) is 24.4 Å². The molecule has 2 aromatic carbocycles. The second-order valence-electron chi connectivity index (χ2n) is 6.13. The van der Waals surface area contributed by atoms with Crippen LogP contribution in [0.15, 0.2) is 30.3 Å². The van der Waals surface area contributed by atoms with Crippen LogP contribution in [0.4, 0.5) is 10.1 Å². The lowest BCUT2D eigenvalue weighted by Crippen LogP contribution is -2.30. The summed E-state index contributed by atoms with van der Waals surface area (Å²) >= 11 is 6.21. The Hall–Kier alpha value is -2.11. The number of likely N-dealkylation sites (N-methyl/N-ethyl adjacent to an activating group) is 1. The molecule has 0 spiro atoms. The molecule has 134 valence electrons. The Morgan fingerprint density at radius 2 is 2.00 bits per heavy atom. The number of hydrogen-bond acceptors (Lipinski definition) is 3. The van der Waals surface area contributed by atoms with Gasteiger partial charge in [0.15, 0.2) is 11.6 Å². The Morgan fingerprint density at radius 3 is 2.60 bits per heavy atom. The first-order valence-corrected chi connectivity index (χ1v) is 8.25. The molecule has 0 aliphatic carbocycles. The highest BCUT2D eigenvalue weighted by Crippen LogP contribution is 2.27. The van der Waals surface area contributed by atoms with E-state index in [2.05, 4.69) is 5.32 Å². The van der Waals surface area contributed by atoms with E-state index in [-0.39, 0.29) is 18.2 Å². The minimum Gasteiger partial charge on any atom is -0.494 e. The lowest BCUT2D eigenvalue weighted by atomic mass is 10.1. The number of benzene rings is 2. The Bertz CT molecular complexity index is 757. The maximum absolute atomic E-state index is 13.7. The summed E-state index contributed by atoms with van der Waals surface area (Å²) in [5, 5.41) is 3.36. The summed E-state index contributed by atoms with van der Waals surface area (Å²) in [6.45, 7) is 4.46. The standard InChI is InChI=1S/C19H22ClFN2O2/c1-12-7-13(2)19(15(20)8-12)22-18(24)11-23(3)10-14-5-6-17(25-4)16(21)9-14/h5-9H,10-11H2,1-4H3,(H,22,24). The highest BCUT2D eigenvalue weighted by molar-refractivity contribution is 6.34. The number of nitrogens with zero attached hydrogens (tertiary/aromatic N) is 1. The molecular formula is C19H22ClFN2O2. The predicted octanol–water partition coefficient (Wildman–Crippen LogP) is 4.18. The van der Waals surface area contributed by atoms with Crippen LogP contribution in [0.1, 0.15) is 16.7 Å². The van der Waals surface area contributed by atoms with Crippen molar-refractivity contribution in [3.05, 3.63) is 57.9 Å². The number of hydrogen-bond donors (Lipinski definition) is 1. The van der Waals surface area contributed by atoms with Gasteiger partial charge in [-0.3, -0.25) is 9.69 Å². The van der Waals surface area contributed by atoms with Gasteiger partial charge in [-0.2, -0.15) is 0 Å². The SMILES string of the molecule is COc1ccc(CN(C)CC(=O)Nc2c(C)cc(C)cc2Cl)cc1F. The number of methoxy groups -OCH3 is 1. The number of nitrogens with one attached hydrogen (secondary N) is 1. The third kappa shape index (κ3) is 5.18. The smallest absolute Gasteiger partial charge is 0.238 e. The maximum atomic E-state index is 13.7. The molecule has 0 saturated heterocycles. The van der Waals surface area contributed by atoms with Crippen LogP contribution >= 0.6 is 11.6 Å². The van der Waals surface area contributed by atoms with Crippen LogP contribution in [-0.2, 0) is 11.3 Å². The summed E-state index contributed by atoms with van der Waals surface area (Å²) in [6, 6.07) is 8.54.